The standard InChI is InChI=1S/C17H27N/c1-14(2)10-12-17(13-18-3)11-6-8-15-7-4-5-9-16(15)17/h4-5,7,9,14,18H,6,8,10-13H2,1-3H3. The Hall–Kier alpha value is -0.820. The van der Waals surface area contributed by atoms with Gasteiger partial charge in [-0.15, -0.1) is 0 Å². The van der Waals surface area contributed by atoms with E-state index in [4.69, 9.17) is 0 Å². The van der Waals surface area contributed by atoms with Crippen LogP contribution in [0.15, 0.2) is 24.3 Å². The van der Waals surface area contributed by atoms with Gasteiger partial charge in [-0.3, -0.25) is 0 Å². The fourth-order valence-electron chi connectivity index (χ4n) is 3.44. The summed E-state index contributed by atoms with van der Waals surface area (Å²) in [5.74, 6) is 0.799. The summed E-state index contributed by atoms with van der Waals surface area (Å²) in [4.78, 5) is 0. The first-order chi connectivity index (χ1) is 8.68. The first-order valence-electron chi connectivity index (χ1n) is 7.41. The van der Waals surface area contributed by atoms with Crippen LogP contribution < -0.4 is 5.32 Å². The number of fused-ring (bicyclic) bond motifs is 1. The molecule has 1 N–H and O–H groups in total. The molecular formula is C17H27N. The van der Waals surface area contributed by atoms with Crippen molar-refractivity contribution in [2.45, 2.75) is 51.4 Å². The molecule has 0 radical (unpaired) electrons. The summed E-state index contributed by atoms with van der Waals surface area (Å²) in [6, 6.07) is 9.10. The molecule has 1 atom stereocenters. The Bertz CT molecular complexity index is 383. The van der Waals surface area contributed by atoms with Gasteiger partial charge in [-0.2, -0.15) is 0 Å². The lowest BCUT2D eigenvalue weighted by molar-refractivity contribution is 0.300. The lowest BCUT2D eigenvalue weighted by atomic mass is 9.67. The normalized spacial score (nSPS) is 23.1. The van der Waals surface area contributed by atoms with Crippen molar-refractivity contribution < 1.29 is 0 Å². The Kier molecular flexibility index (Phi) is 4.45. The largest absolute Gasteiger partial charge is 0.319 e. The van der Waals surface area contributed by atoms with Gasteiger partial charge in [0.2, 0.25) is 0 Å². The van der Waals surface area contributed by atoms with Crippen molar-refractivity contribution in [3.8, 4) is 0 Å². The molecular weight excluding hydrogens is 218 g/mol. The molecule has 0 spiro atoms. The summed E-state index contributed by atoms with van der Waals surface area (Å²) in [6.07, 6.45) is 6.61. The van der Waals surface area contributed by atoms with Gasteiger partial charge in [-0.05, 0) is 49.8 Å². The first-order valence-corrected chi connectivity index (χ1v) is 7.41. The minimum atomic E-state index is 0.383. The first kappa shape index (κ1) is 13.6. The predicted molar refractivity (Wildman–Crippen MR) is 79.1 cm³/mol. The smallest absolute Gasteiger partial charge is 0.00806 e. The highest BCUT2D eigenvalue weighted by molar-refractivity contribution is 5.37. The highest BCUT2D eigenvalue weighted by Gasteiger charge is 2.35. The van der Waals surface area contributed by atoms with Gasteiger partial charge in [0.25, 0.3) is 0 Å². The number of likely N-dealkylation sites (N-methyl/N-ethyl adjacent to an activating group) is 1. The van der Waals surface area contributed by atoms with Crippen LogP contribution in [0.4, 0.5) is 0 Å². The van der Waals surface area contributed by atoms with Gasteiger partial charge in [0.1, 0.15) is 0 Å². The molecule has 0 saturated carbocycles. The van der Waals surface area contributed by atoms with Crippen LogP contribution in [0.2, 0.25) is 0 Å². The lowest BCUT2D eigenvalue weighted by Crippen LogP contribution is -2.40. The zero-order valence-corrected chi connectivity index (χ0v) is 12.1. The van der Waals surface area contributed by atoms with E-state index in [-0.39, 0.29) is 0 Å². The van der Waals surface area contributed by atoms with Gasteiger partial charge in [0, 0.05) is 12.0 Å². The Balaban J connectivity index is 2.29. The second-order valence-corrected chi connectivity index (χ2v) is 6.25. The summed E-state index contributed by atoms with van der Waals surface area (Å²) in [5.41, 5.74) is 3.59. The molecule has 1 aliphatic carbocycles. The average Bonchev–Trinajstić information content (AvgIpc) is 2.37. The van der Waals surface area contributed by atoms with Crippen LogP contribution in [0, 0.1) is 5.92 Å². The second kappa shape index (κ2) is 5.88. The summed E-state index contributed by atoms with van der Waals surface area (Å²) in [7, 11) is 2.09. The quantitative estimate of drug-likeness (QED) is 0.829. The fourth-order valence-corrected chi connectivity index (χ4v) is 3.44. The number of aryl methyl sites for hydroxylation is 1. The third-order valence-corrected chi connectivity index (χ3v) is 4.41. The average molecular weight is 245 g/mol. The molecule has 2 rings (SSSR count). The van der Waals surface area contributed by atoms with Crippen LogP contribution >= 0.6 is 0 Å². The maximum atomic E-state index is 3.44. The number of benzene rings is 1. The van der Waals surface area contributed by atoms with Gasteiger partial charge >= 0.3 is 0 Å². The molecule has 1 aromatic carbocycles. The topological polar surface area (TPSA) is 12.0 Å². The predicted octanol–water partition coefficient (Wildman–Crippen LogP) is 3.92. The molecule has 1 heteroatoms. The monoisotopic (exact) mass is 245 g/mol. The van der Waals surface area contributed by atoms with Crippen molar-refractivity contribution in [3.05, 3.63) is 35.4 Å². The summed E-state index contributed by atoms with van der Waals surface area (Å²) < 4.78 is 0. The summed E-state index contributed by atoms with van der Waals surface area (Å²) in [5, 5.41) is 3.44. The molecule has 0 amide bonds. The van der Waals surface area contributed by atoms with Crippen LogP contribution in [-0.4, -0.2) is 13.6 Å². The van der Waals surface area contributed by atoms with E-state index < -0.39 is 0 Å². The molecule has 18 heavy (non-hydrogen) atoms. The zero-order valence-electron chi connectivity index (χ0n) is 12.1. The molecule has 1 aromatic rings. The Labute approximate surface area is 112 Å². The number of rotatable bonds is 5. The van der Waals surface area contributed by atoms with E-state index in [1.807, 2.05) is 0 Å². The molecule has 0 aromatic heterocycles. The van der Waals surface area contributed by atoms with Gasteiger partial charge in [0.15, 0.2) is 0 Å². The van der Waals surface area contributed by atoms with E-state index in [1.165, 1.54) is 32.1 Å². The van der Waals surface area contributed by atoms with Crippen LogP contribution in [0.1, 0.15) is 50.7 Å². The second-order valence-electron chi connectivity index (χ2n) is 6.25. The Morgan fingerprint density at radius 1 is 1.28 bits per heavy atom. The molecule has 100 valence electrons. The van der Waals surface area contributed by atoms with Crippen molar-refractivity contribution in [3.63, 3.8) is 0 Å². The van der Waals surface area contributed by atoms with Crippen molar-refractivity contribution in [1.29, 1.82) is 0 Å². The van der Waals surface area contributed by atoms with E-state index in [0.717, 1.165) is 12.5 Å². The molecule has 1 nitrogen and oxygen atoms in total. The van der Waals surface area contributed by atoms with E-state index in [0.29, 0.717) is 5.41 Å². The van der Waals surface area contributed by atoms with Crippen LogP contribution in [0.5, 0.6) is 0 Å². The van der Waals surface area contributed by atoms with Crippen molar-refractivity contribution in [1.82, 2.24) is 5.32 Å². The molecule has 0 saturated heterocycles. The van der Waals surface area contributed by atoms with E-state index >= 15 is 0 Å². The number of hydrogen-bond acceptors (Lipinski definition) is 1. The van der Waals surface area contributed by atoms with Crippen molar-refractivity contribution in [2.75, 3.05) is 13.6 Å². The zero-order chi connectivity index (χ0) is 13.0. The van der Waals surface area contributed by atoms with Gasteiger partial charge in [0.05, 0.1) is 0 Å². The van der Waals surface area contributed by atoms with Crippen molar-refractivity contribution in [2.24, 2.45) is 5.92 Å². The fraction of sp³-hybridized carbons (Fsp3) is 0.647. The molecule has 1 aliphatic rings. The van der Waals surface area contributed by atoms with Crippen LogP contribution in [0.25, 0.3) is 0 Å². The van der Waals surface area contributed by atoms with Gasteiger partial charge < -0.3 is 5.32 Å². The molecule has 1 unspecified atom stereocenters. The molecule has 0 fully saturated rings. The lowest BCUT2D eigenvalue weighted by Gasteiger charge is -2.40. The summed E-state index contributed by atoms with van der Waals surface area (Å²) in [6.45, 7) is 5.79. The Morgan fingerprint density at radius 2 is 2.06 bits per heavy atom. The minimum Gasteiger partial charge on any atom is -0.319 e. The van der Waals surface area contributed by atoms with E-state index in [9.17, 15) is 0 Å². The highest BCUT2D eigenvalue weighted by Crippen LogP contribution is 2.41. The molecule has 0 heterocycles. The maximum Gasteiger partial charge on any atom is 0.00806 e. The van der Waals surface area contributed by atoms with E-state index in [2.05, 4.69) is 50.5 Å². The minimum absolute atomic E-state index is 0.383. The Morgan fingerprint density at radius 3 is 2.78 bits per heavy atom. The summed E-state index contributed by atoms with van der Waals surface area (Å²) >= 11 is 0. The van der Waals surface area contributed by atoms with Gasteiger partial charge in [-0.1, -0.05) is 44.5 Å². The van der Waals surface area contributed by atoms with Gasteiger partial charge in [-0.25, -0.2) is 0 Å². The van der Waals surface area contributed by atoms with E-state index in [1.54, 1.807) is 11.1 Å². The molecule has 0 bridgehead atoms. The third kappa shape index (κ3) is 2.77. The number of nitrogens with one attached hydrogen (secondary N) is 1. The highest BCUT2D eigenvalue weighted by atomic mass is 14.8. The maximum absolute atomic E-state index is 3.44. The molecule has 0 aliphatic heterocycles. The SMILES string of the molecule is CNCC1(CCC(C)C)CCCc2ccccc21. The van der Waals surface area contributed by atoms with Crippen LogP contribution in [0.3, 0.4) is 0 Å². The number of hydrogen-bond donors (Lipinski definition) is 1. The third-order valence-electron chi connectivity index (χ3n) is 4.41. The van der Waals surface area contributed by atoms with Crippen LogP contribution in [-0.2, 0) is 11.8 Å². The van der Waals surface area contributed by atoms with Crippen molar-refractivity contribution >= 4 is 0 Å².